The fourth-order valence-corrected chi connectivity index (χ4v) is 2.14. The van der Waals surface area contributed by atoms with E-state index in [1.165, 1.54) is 12.8 Å². The summed E-state index contributed by atoms with van der Waals surface area (Å²) in [4.78, 5) is 4.23. The summed E-state index contributed by atoms with van der Waals surface area (Å²) in [6, 6.07) is 13.2. The first-order chi connectivity index (χ1) is 10.2. The highest BCUT2D eigenvalue weighted by molar-refractivity contribution is 6.30. The Labute approximate surface area is 130 Å². The van der Waals surface area contributed by atoms with Gasteiger partial charge in [-0.15, -0.1) is 0 Å². The average molecular weight is 301 g/mol. The van der Waals surface area contributed by atoms with Crippen LogP contribution in [0.15, 0.2) is 36.4 Å². The zero-order chi connectivity index (χ0) is 15.1. The van der Waals surface area contributed by atoms with Crippen molar-refractivity contribution in [3.8, 4) is 23.1 Å². The molecule has 0 aliphatic carbocycles. The number of unbranched alkanes of at least 4 members (excludes halogenated alkanes) is 2. The van der Waals surface area contributed by atoms with Crippen LogP contribution in [0, 0.1) is 11.3 Å². The van der Waals surface area contributed by atoms with Crippen LogP contribution in [0.5, 0.6) is 5.75 Å². The third-order valence-corrected chi connectivity index (χ3v) is 3.42. The van der Waals surface area contributed by atoms with Crippen LogP contribution in [0.3, 0.4) is 0 Å². The Morgan fingerprint density at radius 1 is 1.14 bits per heavy atom. The maximum absolute atomic E-state index is 8.85. The summed E-state index contributed by atoms with van der Waals surface area (Å²) in [6.45, 7) is 2.92. The first-order valence-electron chi connectivity index (χ1n) is 7.04. The molecule has 0 saturated heterocycles. The third-order valence-electron chi connectivity index (χ3n) is 3.14. The van der Waals surface area contributed by atoms with E-state index in [0.29, 0.717) is 5.56 Å². The summed E-state index contributed by atoms with van der Waals surface area (Å²) in [5, 5.41) is 9.08. The van der Waals surface area contributed by atoms with E-state index in [0.717, 1.165) is 30.0 Å². The second-order valence-corrected chi connectivity index (χ2v) is 5.08. The van der Waals surface area contributed by atoms with Crippen LogP contribution in [-0.2, 0) is 0 Å². The summed E-state index contributed by atoms with van der Waals surface area (Å²) in [7, 11) is 0. The molecule has 0 saturated carbocycles. The van der Waals surface area contributed by atoms with Crippen LogP contribution in [0.4, 0.5) is 0 Å². The second-order valence-electron chi connectivity index (χ2n) is 4.73. The van der Waals surface area contributed by atoms with Gasteiger partial charge in [0.25, 0.3) is 0 Å². The summed E-state index contributed by atoms with van der Waals surface area (Å²) in [6.07, 6.45) is 3.45. The molecular weight excluding hydrogens is 284 g/mol. The molecule has 0 aliphatic heterocycles. The molecule has 1 aromatic heterocycles. The van der Waals surface area contributed by atoms with Gasteiger partial charge in [0.05, 0.1) is 17.9 Å². The fourth-order valence-electron chi connectivity index (χ4n) is 1.94. The Bertz CT molecular complexity index is 632. The lowest BCUT2D eigenvalue weighted by Gasteiger charge is -2.07. The van der Waals surface area contributed by atoms with E-state index in [1.807, 2.05) is 30.3 Å². The third kappa shape index (κ3) is 4.21. The van der Waals surface area contributed by atoms with Crippen molar-refractivity contribution in [3.05, 3.63) is 47.1 Å². The van der Waals surface area contributed by atoms with Crippen molar-refractivity contribution >= 4 is 11.6 Å². The number of pyridine rings is 1. The van der Waals surface area contributed by atoms with Crippen molar-refractivity contribution in [2.75, 3.05) is 6.61 Å². The van der Waals surface area contributed by atoms with E-state index in [1.54, 1.807) is 12.1 Å². The van der Waals surface area contributed by atoms with E-state index in [9.17, 15) is 0 Å². The number of rotatable bonds is 6. The zero-order valence-corrected chi connectivity index (χ0v) is 12.7. The number of benzene rings is 1. The molecule has 108 valence electrons. The van der Waals surface area contributed by atoms with Crippen LogP contribution < -0.4 is 4.74 Å². The molecule has 3 nitrogen and oxygen atoms in total. The van der Waals surface area contributed by atoms with Gasteiger partial charge in [-0.1, -0.05) is 31.4 Å². The topological polar surface area (TPSA) is 45.9 Å². The smallest absolute Gasteiger partial charge is 0.147 e. The van der Waals surface area contributed by atoms with E-state index >= 15 is 0 Å². The minimum Gasteiger partial charge on any atom is -0.494 e. The number of aromatic nitrogens is 1. The SMILES string of the molecule is CCCCCOc1ccc(-c2ccc(C#N)c(Cl)n2)cc1. The van der Waals surface area contributed by atoms with Gasteiger partial charge in [-0.05, 0) is 42.8 Å². The van der Waals surface area contributed by atoms with Gasteiger partial charge >= 0.3 is 0 Å². The molecule has 0 unspecified atom stereocenters. The van der Waals surface area contributed by atoms with E-state index < -0.39 is 0 Å². The Hall–Kier alpha value is -2.05. The standard InChI is InChI=1S/C17H17ClN2O/c1-2-3-4-11-21-15-8-5-13(6-9-15)16-10-7-14(12-19)17(18)20-16/h5-10H,2-4,11H2,1H3. The van der Waals surface area contributed by atoms with Gasteiger partial charge in [0, 0.05) is 5.56 Å². The fraction of sp³-hybridized carbons (Fsp3) is 0.294. The molecule has 0 spiro atoms. The number of hydrogen-bond acceptors (Lipinski definition) is 3. The van der Waals surface area contributed by atoms with Crippen LogP contribution >= 0.6 is 11.6 Å². The predicted molar refractivity (Wildman–Crippen MR) is 84.4 cm³/mol. The molecule has 0 amide bonds. The number of hydrogen-bond donors (Lipinski definition) is 0. The van der Waals surface area contributed by atoms with Crippen LogP contribution in [-0.4, -0.2) is 11.6 Å². The van der Waals surface area contributed by atoms with Gasteiger partial charge in [-0.3, -0.25) is 0 Å². The number of nitriles is 1. The summed E-state index contributed by atoms with van der Waals surface area (Å²) >= 11 is 5.95. The first-order valence-corrected chi connectivity index (χ1v) is 7.42. The van der Waals surface area contributed by atoms with Gasteiger partial charge in [0.15, 0.2) is 0 Å². The Balaban J connectivity index is 2.05. The molecule has 1 heterocycles. The molecule has 0 aliphatic rings. The molecule has 0 bridgehead atoms. The van der Waals surface area contributed by atoms with Crippen molar-refractivity contribution in [1.82, 2.24) is 4.98 Å². The molecule has 0 radical (unpaired) electrons. The van der Waals surface area contributed by atoms with E-state index in [4.69, 9.17) is 21.6 Å². The minimum absolute atomic E-state index is 0.231. The lowest BCUT2D eigenvalue weighted by Crippen LogP contribution is -1.96. The Morgan fingerprint density at radius 2 is 1.90 bits per heavy atom. The average Bonchev–Trinajstić information content (AvgIpc) is 2.52. The van der Waals surface area contributed by atoms with Gasteiger partial charge < -0.3 is 4.74 Å². The normalized spacial score (nSPS) is 10.1. The van der Waals surface area contributed by atoms with Gasteiger partial charge in [-0.2, -0.15) is 5.26 Å². The van der Waals surface area contributed by atoms with Crippen LogP contribution in [0.25, 0.3) is 11.3 Å². The summed E-state index contributed by atoms with van der Waals surface area (Å²) < 4.78 is 5.67. The van der Waals surface area contributed by atoms with E-state index in [-0.39, 0.29) is 5.15 Å². The molecule has 1 aromatic carbocycles. The summed E-state index contributed by atoms with van der Waals surface area (Å²) in [5.74, 6) is 0.856. The van der Waals surface area contributed by atoms with Crippen molar-refractivity contribution in [2.45, 2.75) is 26.2 Å². The lowest BCUT2D eigenvalue weighted by molar-refractivity contribution is 0.306. The first kappa shape index (κ1) is 15.3. The van der Waals surface area contributed by atoms with Gasteiger partial charge in [0.1, 0.15) is 17.0 Å². The molecule has 0 atom stereocenters. The van der Waals surface area contributed by atoms with E-state index in [2.05, 4.69) is 11.9 Å². The molecule has 0 fully saturated rings. The van der Waals surface area contributed by atoms with Crippen LogP contribution in [0.2, 0.25) is 5.15 Å². The van der Waals surface area contributed by atoms with Crippen molar-refractivity contribution < 1.29 is 4.74 Å². The zero-order valence-electron chi connectivity index (χ0n) is 12.0. The quantitative estimate of drug-likeness (QED) is 0.566. The minimum atomic E-state index is 0.231. The largest absolute Gasteiger partial charge is 0.494 e. The predicted octanol–water partition coefficient (Wildman–Crippen LogP) is 4.84. The number of halogens is 1. The second kappa shape index (κ2) is 7.66. The Morgan fingerprint density at radius 3 is 2.52 bits per heavy atom. The molecule has 2 aromatic rings. The molecule has 0 N–H and O–H groups in total. The highest BCUT2D eigenvalue weighted by atomic mass is 35.5. The Kier molecular flexibility index (Phi) is 5.59. The van der Waals surface area contributed by atoms with Crippen molar-refractivity contribution in [1.29, 1.82) is 5.26 Å². The highest BCUT2D eigenvalue weighted by Crippen LogP contribution is 2.23. The maximum Gasteiger partial charge on any atom is 0.147 e. The summed E-state index contributed by atoms with van der Waals surface area (Å²) in [5.41, 5.74) is 2.08. The van der Waals surface area contributed by atoms with Crippen molar-refractivity contribution in [2.24, 2.45) is 0 Å². The highest BCUT2D eigenvalue weighted by Gasteiger charge is 2.05. The molecular formula is C17H17ClN2O. The molecule has 21 heavy (non-hydrogen) atoms. The number of nitrogens with zero attached hydrogens (tertiary/aromatic N) is 2. The van der Waals surface area contributed by atoms with Crippen LogP contribution in [0.1, 0.15) is 31.7 Å². The monoisotopic (exact) mass is 300 g/mol. The van der Waals surface area contributed by atoms with Gasteiger partial charge in [-0.25, -0.2) is 4.98 Å². The lowest BCUT2D eigenvalue weighted by atomic mass is 10.1. The van der Waals surface area contributed by atoms with Crippen molar-refractivity contribution in [3.63, 3.8) is 0 Å². The maximum atomic E-state index is 8.85. The van der Waals surface area contributed by atoms with Gasteiger partial charge in [0.2, 0.25) is 0 Å². The number of ether oxygens (including phenoxy) is 1. The molecule has 4 heteroatoms. The molecule has 2 rings (SSSR count).